The van der Waals surface area contributed by atoms with Gasteiger partial charge in [-0.05, 0) is 24.3 Å². The minimum absolute atomic E-state index is 0.593. The molecule has 0 aliphatic carbocycles. The van der Waals surface area contributed by atoms with Gasteiger partial charge in [0.15, 0.2) is 11.6 Å². The second-order valence-electron chi connectivity index (χ2n) is 9.34. The average molecular weight is 567 g/mol. The van der Waals surface area contributed by atoms with Crippen molar-refractivity contribution in [1.29, 1.82) is 0 Å². The number of rotatable bonds is 6. The molecular formula is C26H22N12S2. The van der Waals surface area contributed by atoms with E-state index >= 15 is 0 Å². The maximum absolute atomic E-state index is 4.77. The summed E-state index contributed by atoms with van der Waals surface area (Å²) in [6.07, 6.45) is 6.75. The Morgan fingerprint density at radius 2 is 0.925 bits per heavy atom. The Morgan fingerprint density at radius 1 is 0.525 bits per heavy atom. The third kappa shape index (κ3) is 4.13. The van der Waals surface area contributed by atoms with E-state index in [0.717, 1.165) is 52.5 Å². The Labute approximate surface area is 235 Å². The van der Waals surface area contributed by atoms with Crippen LogP contribution in [0.25, 0.3) is 41.1 Å². The fourth-order valence-corrected chi connectivity index (χ4v) is 6.16. The summed E-state index contributed by atoms with van der Waals surface area (Å²) in [5.41, 5.74) is 4.87. The summed E-state index contributed by atoms with van der Waals surface area (Å²) in [4.78, 5) is 42.4. The first-order valence-corrected chi connectivity index (χ1v) is 13.9. The van der Waals surface area contributed by atoms with Crippen molar-refractivity contribution in [3.05, 3.63) is 49.1 Å². The molecule has 0 unspecified atom stereocenters. The van der Waals surface area contributed by atoms with Crippen LogP contribution in [0.2, 0.25) is 0 Å². The maximum atomic E-state index is 4.77. The van der Waals surface area contributed by atoms with Gasteiger partial charge in [-0.1, -0.05) is 0 Å². The lowest BCUT2D eigenvalue weighted by Crippen LogP contribution is -2.13. The summed E-state index contributed by atoms with van der Waals surface area (Å²) in [6.45, 7) is 0. The van der Waals surface area contributed by atoms with Gasteiger partial charge in [-0.15, -0.1) is 22.7 Å². The number of benzene rings is 1. The normalized spacial score (nSPS) is 11.5. The van der Waals surface area contributed by atoms with Crippen molar-refractivity contribution in [1.82, 2.24) is 39.9 Å². The summed E-state index contributed by atoms with van der Waals surface area (Å²) >= 11 is 3.04. The first-order valence-electron chi connectivity index (χ1n) is 12.3. The van der Waals surface area contributed by atoms with Crippen LogP contribution in [0.4, 0.5) is 34.9 Å². The average Bonchev–Trinajstić information content (AvgIpc) is 3.53. The molecule has 7 rings (SSSR count). The number of aromatic nitrogens is 8. The molecule has 0 amide bonds. The zero-order chi connectivity index (χ0) is 27.4. The maximum Gasteiger partial charge on any atom is 0.227 e. The zero-order valence-electron chi connectivity index (χ0n) is 21.9. The van der Waals surface area contributed by atoms with E-state index < -0.39 is 0 Å². The summed E-state index contributed by atoms with van der Waals surface area (Å²) in [6, 6.07) is 7.98. The zero-order valence-corrected chi connectivity index (χ0v) is 23.5. The number of fused-ring (bicyclic) bond motifs is 6. The van der Waals surface area contributed by atoms with E-state index in [0.29, 0.717) is 23.5 Å². The van der Waals surface area contributed by atoms with Crippen molar-refractivity contribution < 1.29 is 0 Å². The number of thiophene rings is 2. The highest BCUT2D eigenvalue weighted by atomic mass is 32.1. The van der Waals surface area contributed by atoms with E-state index in [2.05, 4.69) is 30.6 Å². The Bertz CT molecular complexity index is 1890. The van der Waals surface area contributed by atoms with Crippen molar-refractivity contribution in [2.75, 3.05) is 48.6 Å². The molecule has 0 radical (unpaired) electrons. The molecule has 6 heterocycles. The van der Waals surface area contributed by atoms with E-state index in [1.165, 1.54) is 22.7 Å². The van der Waals surface area contributed by atoms with Gasteiger partial charge >= 0.3 is 0 Å². The molecule has 198 valence electrons. The lowest BCUT2D eigenvalue weighted by Gasteiger charge is -2.14. The van der Waals surface area contributed by atoms with Gasteiger partial charge in [0.1, 0.15) is 41.1 Å². The first-order chi connectivity index (χ1) is 19.4. The molecule has 7 aromatic rings. The fraction of sp³-hybridized carbons (Fsp3) is 0.154. The molecule has 12 nitrogen and oxygen atoms in total. The highest BCUT2D eigenvalue weighted by molar-refractivity contribution is 7.26. The number of anilines is 6. The standard InChI is InChI=1S/C26H22N12S2/c1-37(2)25-33-15-17-23(29-11-9-27-17)39-19(15)21(35-25)31-13-5-7-14(8-6-13)32-22-20-16(34-26(36-22)38(3)4)18-24(40-20)30-12-10-28-18/h5-12H,1-4H3,(H,31,33,35)(H,32,34,36). The van der Waals surface area contributed by atoms with Gasteiger partial charge in [0.25, 0.3) is 0 Å². The second kappa shape index (κ2) is 9.43. The van der Waals surface area contributed by atoms with Crippen LogP contribution in [-0.4, -0.2) is 68.1 Å². The van der Waals surface area contributed by atoms with Crippen molar-refractivity contribution in [2.24, 2.45) is 0 Å². The monoisotopic (exact) mass is 566 g/mol. The van der Waals surface area contributed by atoms with Gasteiger partial charge in [-0.25, -0.2) is 29.9 Å². The fourth-order valence-electron chi connectivity index (χ4n) is 4.19. The molecule has 0 saturated heterocycles. The molecule has 1 aromatic carbocycles. The summed E-state index contributed by atoms with van der Waals surface area (Å²) in [7, 11) is 7.67. The van der Waals surface area contributed by atoms with E-state index in [1.54, 1.807) is 24.8 Å². The number of hydrogen-bond acceptors (Lipinski definition) is 14. The van der Waals surface area contributed by atoms with Crippen LogP contribution < -0.4 is 20.4 Å². The molecule has 0 fully saturated rings. The molecule has 0 aliphatic rings. The van der Waals surface area contributed by atoms with Crippen LogP contribution in [0.1, 0.15) is 0 Å². The largest absolute Gasteiger partial charge is 0.347 e. The summed E-state index contributed by atoms with van der Waals surface area (Å²) in [5.74, 6) is 2.60. The minimum atomic E-state index is 0.593. The molecule has 0 atom stereocenters. The summed E-state index contributed by atoms with van der Waals surface area (Å²) in [5, 5.41) is 6.94. The third-order valence-electron chi connectivity index (χ3n) is 6.09. The number of nitrogens with one attached hydrogen (secondary N) is 2. The molecule has 40 heavy (non-hydrogen) atoms. The van der Waals surface area contributed by atoms with Gasteiger partial charge in [0.05, 0.1) is 0 Å². The lowest BCUT2D eigenvalue weighted by molar-refractivity contribution is 1.02. The van der Waals surface area contributed by atoms with Gasteiger partial charge < -0.3 is 20.4 Å². The van der Waals surface area contributed by atoms with Crippen molar-refractivity contribution in [3.8, 4) is 0 Å². The number of hydrogen-bond donors (Lipinski definition) is 2. The highest BCUT2D eigenvalue weighted by Crippen LogP contribution is 2.38. The molecule has 2 N–H and O–H groups in total. The summed E-state index contributed by atoms with van der Waals surface area (Å²) < 4.78 is 1.81. The van der Waals surface area contributed by atoms with E-state index in [9.17, 15) is 0 Å². The topological polar surface area (TPSA) is 134 Å². The number of nitrogens with zero attached hydrogens (tertiary/aromatic N) is 10. The SMILES string of the molecule is CN(C)c1nc(Nc2ccc(Nc3nc(N(C)C)nc4c3sc3nccnc34)cc2)c2sc3nccnc3c2n1. The Morgan fingerprint density at radius 3 is 1.32 bits per heavy atom. The second-order valence-corrected chi connectivity index (χ2v) is 11.3. The lowest BCUT2D eigenvalue weighted by atomic mass is 10.2. The molecule has 0 saturated carbocycles. The van der Waals surface area contributed by atoms with Crippen LogP contribution in [-0.2, 0) is 0 Å². The quantitative estimate of drug-likeness (QED) is 0.274. The van der Waals surface area contributed by atoms with Gasteiger partial charge in [0.2, 0.25) is 11.9 Å². The van der Waals surface area contributed by atoms with Gasteiger partial charge in [-0.3, -0.25) is 0 Å². The molecule has 0 bridgehead atoms. The van der Waals surface area contributed by atoms with Gasteiger partial charge in [0, 0.05) is 64.4 Å². The van der Waals surface area contributed by atoms with Crippen LogP contribution in [0.5, 0.6) is 0 Å². The van der Waals surface area contributed by atoms with Crippen molar-refractivity contribution in [3.63, 3.8) is 0 Å². The predicted octanol–water partition coefficient (Wildman–Crippen LogP) is 5.20. The van der Waals surface area contributed by atoms with Crippen LogP contribution in [0.3, 0.4) is 0 Å². The van der Waals surface area contributed by atoms with Crippen LogP contribution in [0.15, 0.2) is 49.1 Å². The van der Waals surface area contributed by atoms with E-state index in [-0.39, 0.29) is 0 Å². The Balaban J connectivity index is 1.23. The van der Waals surface area contributed by atoms with Crippen LogP contribution >= 0.6 is 22.7 Å². The van der Waals surface area contributed by atoms with Crippen molar-refractivity contribution >= 4 is 98.7 Å². The van der Waals surface area contributed by atoms with E-state index in [1.807, 2.05) is 62.3 Å². The van der Waals surface area contributed by atoms with Gasteiger partial charge in [-0.2, -0.15) is 9.97 Å². The highest BCUT2D eigenvalue weighted by Gasteiger charge is 2.18. The molecule has 6 aromatic heterocycles. The minimum Gasteiger partial charge on any atom is -0.347 e. The molecule has 0 aliphatic heterocycles. The molecule has 14 heteroatoms. The van der Waals surface area contributed by atoms with Crippen molar-refractivity contribution in [2.45, 2.75) is 0 Å². The molecule has 0 spiro atoms. The first kappa shape index (κ1) is 24.2. The van der Waals surface area contributed by atoms with E-state index in [4.69, 9.17) is 19.9 Å². The van der Waals surface area contributed by atoms with Crippen LogP contribution in [0, 0.1) is 0 Å². The Kier molecular flexibility index (Phi) is 5.71. The third-order valence-corrected chi connectivity index (χ3v) is 8.26. The smallest absolute Gasteiger partial charge is 0.227 e. The predicted molar refractivity (Wildman–Crippen MR) is 163 cm³/mol. The Hall–Kier alpha value is -4.82. The molecular weight excluding hydrogens is 545 g/mol.